The standard InChI is InChI=1S/C12H26N2/c1-4-6-11(3)14-9-7-12(8-10-14)13-5-2/h11-13H,4-10H2,1-3H3. The molecule has 0 spiro atoms. The molecule has 2 nitrogen and oxygen atoms in total. The number of likely N-dealkylation sites (tertiary alicyclic amines) is 1. The summed E-state index contributed by atoms with van der Waals surface area (Å²) in [5.74, 6) is 0. The van der Waals surface area contributed by atoms with Gasteiger partial charge in [0.2, 0.25) is 0 Å². The summed E-state index contributed by atoms with van der Waals surface area (Å²) in [6.07, 6.45) is 5.34. The third-order valence-electron chi connectivity index (χ3n) is 3.35. The lowest BCUT2D eigenvalue weighted by Crippen LogP contribution is -2.45. The number of nitrogens with one attached hydrogen (secondary N) is 1. The van der Waals surface area contributed by atoms with Gasteiger partial charge in [-0.3, -0.25) is 0 Å². The lowest BCUT2D eigenvalue weighted by Gasteiger charge is -2.36. The van der Waals surface area contributed by atoms with Gasteiger partial charge in [0.25, 0.3) is 0 Å². The number of rotatable bonds is 5. The highest BCUT2D eigenvalue weighted by Gasteiger charge is 2.21. The molecule has 0 aromatic rings. The molecule has 0 aromatic carbocycles. The van der Waals surface area contributed by atoms with Crippen molar-refractivity contribution in [1.29, 1.82) is 0 Å². The highest BCUT2D eigenvalue weighted by molar-refractivity contribution is 4.79. The van der Waals surface area contributed by atoms with Gasteiger partial charge in [0, 0.05) is 12.1 Å². The average molecular weight is 198 g/mol. The Hall–Kier alpha value is -0.0800. The number of hydrogen-bond donors (Lipinski definition) is 1. The summed E-state index contributed by atoms with van der Waals surface area (Å²) >= 11 is 0. The van der Waals surface area contributed by atoms with Crippen LogP contribution in [0.15, 0.2) is 0 Å². The first-order valence-electron chi connectivity index (χ1n) is 6.25. The van der Waals surface area contributed by atoms with Gasteiger partial charge in [-0.15, -0.1) is 0 Å². The molecule has 1 aliphatic rings. The highest BCUT2D eigenvalue weighted by Crippen LogP contribution is 2.15. The van der Waals surface area contributed by atoms with Crippen LogP contribution in [0.5, 0.6) is 0 Å². The van der Waals surface area contributed by atoms with E-state index in [1.165, 1.54) is 38.8 Å². The first-order chi connectivity index (χ1) is 6.77. The predicted molar refractivity (Wildman–Crippen MR) is 62.6 cm³/mol. The summed E-state index contributed by atoms with van der Waals surface area (Å²) in [5, 5.41) is 3.55. The van der Waals surface area contributed by atoms with Crippen molar-refractivity contribution in [1.82, 2.24) is 10.2 Å². The first kappa shape index (κ1) is 12.0. The molecule has 14 heavy (non-hydrogen) atoms. The Morgan fingerprint density at radius 2 is 1.93 bits per heavy atom. The van der Waals surface area contributed by atoms with Crippen molar-refractivity contribution < 1.29 is 0 Å². The van der Waals surface area contributed by atoms with Crippen LogP contribution in [0.25, 0.3) is 0 Å². The van der Waals surface area contributed by atoms with E-state index in [4.69, 9.17) is 0 Å². The van der Waals surface area contributed by atoms with Gasteiger partial charge in [0.1, 0.15) is 0 Å². The summed E-state index contributed by atoms with van der Waals surface area (Å²) in [4.78, 5) is 2.65. The molecule has 1 atom stereocenters. The molecular formula is C12H26N2. The Kier molecular flexibility index (Phi) is 5.49. The zero-order valence-corrected chi connectivity index (χ0v) is 10.1. The third kappa shape index (κ3) is 3.58. The molecule has 84 valence electrons. The van der Waals surface area contributed by atoms with Gasteiger partial charge in [-0.1, -0.05) is 20.3 Å². The van der Waals surface area contributed by atoms with E-state index in [2.05, 4.69) is 31.0 Å². The van der Waals surface area contributed by atoms with Crippen molar-refractivity contribution >= 4 is 0 Å². The van der Waals surface area contributed by atoms with Gasteiger partial charge in [0.05, 0.1) is 0 Å². The maximum atomic E-state index is 3.55. The zero-order chi connectivity index (χ0) is 10.4. The lowest BCUT2D eigenvalue weighted by molar-refractivity contribution is 0.146. The van der Waals surface area contributed by atoms with Crippen molar-refractivity contribution in [2.24, 2.45) is 0 Å². The van der Waals surface area contributed by atoms with Crippen LogP contribution >= 0.6 is 0 Å². The molecule has 0 radical (unpaired) electrons. The molecule has 0 bridgehead atoms. The molecule has 0 saturated carbocycles. The Bertz CT molecular complexity index is 139. The predicted octanol–water partition coefficient (Wildman–Crippen LogP) is 2.25. The highest BCUT2D eigenvalue weighted by atomic mass is 15.2. The summed E-state index contributed by atoms with van der Waals surface area (Å²) in [7, 11) is 0. The minimum absolute atomic E-state index is 0.782. The van der Waals surface area contributed by atoms with Gasteiger partial charge in [0.15, 0.2) is 0 Å². The van der Waals surface area contributed by atoms with E-state index < -0.39 is 0 Å². The van der Waals surface area contributed by atoms with Gasteiger partial charge in [-0.2, -0.15) is 0 Å². The van der Waals surface area contributed by atoms with E-state index in [1.807, 2.05) is 0 Å². The molecule has 1 N–H and O–H groups in total. The van der Waals surface area contributed by atoms with Crippen LogP contribution in [-0.2, 0) is 0 Å². The maximum absolute atomic E-state index is 3.55. The van der Waals surface area contributed by atoms with Crippen LogP contribution in [0.2, 0.25) is 0 Å². The second kappa shape index (κ2) is 6.41. The second-order valence-electron chi connectivity index (χ2n) is 4.51. The van der Waals surface area contributed by atoms with Crippen molar-refractivity contribution in [3.05, 3.63) is 0 Å². The summed E-state index contributed by atoms with van der Waals surface area (Å²) in [6.45, 7) is 10.6. The molecule has 0 amide bonds. The van der Waals surface area contributed by atoms with Gasteiger partial charge < -0.3 is 10.2 Å². The number of piperidine rings is 1. The molecule has 1 fully saturated rings. The van der Waals surface area contributed by atoms with Crippen LogP contribution in [-0.4, -0.2) is 36.6 Å². The van der Waals surface area contributed by atoms with Crippen LogP contribution in [0.1, 0.15) is 46.5 Å². The third-order valence-corrected chi connectivity index (χ3v) is 3.35. The van der Waals surface area contributed by atoms with E-state index in [9.17, 15) is 0 Å². The van der Waals surface area contributed by atoms with Crippen LogP contribution in [0, 0.1) is 0 Å². The zero-order valence-electron chi connectivity index (χ0n) is 10.1. The minimum Gasteiger partial charge on any atom is -0.314 e. The van der Waals surface area contributed by atoms with Gasteiger partial charge >= 0.3 is 0 Å². The topological polar surface area (TPSA) is 15.3 Å². The van der Waals surface area contributed by atoms with Crippen molar-refractivity contribution in [2.45, 2.75) is 58.5 Å². The summed E-state index contributed by atoms with van der Waals surface area (Å²) in [6, 6.07) is 1.58. The van der Waals surface area contributed by atoms with Crippen LogP contribution in [0.3, 0.4) is 0 Å². The summed E-state index contributed by atoms with van der Waals surface area (Å²) in [5.41, 5.74) is 0. The number of nitrogens with zero attached hydrogens (tertiary/aromatic N) is 1. The maximum Gasteiger partial charge on any atom is 0.00912 e. The van der Waals surface area contributed by atoms with E-state index in [-0.39, 0.29) is 0 Å². The quantitative estimate of drug-likeness (QED) is 0.729. The fraction of sp³-hybridized carbons (Fsp3) is 1.00. The van der Waals surface area contributed by atoms with E-state index in [1.54, 1.807) is 0 Å². The number of hydrogen-bond acceptors (Lipinski definition) is 2. The van der Waals surface area contributed by atoms with Crippen molar-refractivity contribution in [3.63, 3.8) is 0 Å². The lowest BCUT2D eigenvalue weighted by atomic mass is 10.0. The Morgan fingerprint density at radius 3 is 2.43 bits per heavy atom. The fourth-order valence-corrected chi connectivity index (χ4v) is 2.43. The molecule has 2 heteroatoms. The van der Waals surface area contributed by atoms with E-state index in [0.717, 1.165) is 18.6 Å². The molecule has 1 aliphatic heterocycles. The minimum atomic E-state index is 0.782. The molecule has 1 unspecified atom stereocenters. The second-order valence-corrected chi connectivity index (χ2v) is 4.51. The average Bonchev–Trinajstić information content (AvgIpc) is 2.20. The normalized spacial score (nSPS) is 22.5. The molecule has 0 aromatic heterocycles. The summed E-state index contributed by atoms with van der Waals surface area (Å²) < 4.78 is 0. The smallest absolute Gasteiger partial charge is 0.00912 e. The fourth-order valence-electron chi connectivity index (χ4n) is 2.43. The Labute approximate surface area is 89.1 Å². The monoisotopic (exact) mass is 198 g/mol. The van der Waals surface area contributed by atoms with Crippen LogP contribution < -0.4 is 5.32 Å². The molecule has 1 heterocycles. The molecular weight excluding hydrogens is 172 g/mol. The molecule has 1 saturated heterocycles. The Morgan fingerprint density at radius 1 is 1.29 bits per heavy atom. The van der Waals surface area contributed by atoms with E-state index >= 15 is 0 Å². The van der Waals surface area contributed by atoms with Crippen LogP contribution in [0.4, 0.5) is 0 Å². The van der Waals surface area contributed by atoms with E-state index in [0.29, 0.717) is 0 Å². The first-order valence-corrected chi connectivity index (χ1v) is 6.25. The molecule has 1 rings (SSSR count). The Balaban J connectivity index is 2.21. The van der Waals surface area contributed by atoms with Crippen molar-refractivity contribution in [2.75, 3.05) is 19.6 Å². The molecule has 0 aliphatic carbocycles. The van der Waals surface area contributed by atoms with Gasteiger partial charge in [-0.25, -0.2) is 0 Å². The van der Waals surface area contributed by atoms with Crippen molar-refractivity contribution in [3.8, 4) is 0 Å². The van der Waals surface area contributed by atoms with Gasteiger partial charge in [-0.05, 0) is 45.8 Å². The SMILES string of the molecule is CCCC(C)N1CCC(NCC)CC1. The largest absolute Gasteiger partial charge is 0.314 e.